The summed E-state index contributed by atoms with van der Waals surface area (Å²) in [6.07, 6.45) is 12.2. The zero-order chi connectivity index (χ0) is 18.5. The molecule has 2 aliphatic rings. The number of nitrogens with zero attached hydrogens (tertiary/aromatic N) is 5. The monoisotopic (exact) mass is 383 g/mol. The molecule has 1 aliphatic heterocycles. The standard InChI is InChI=1S/C20H25N5OS/c1-23-12-24(2)17-14(23)10-21-19-15(17)16-18(27-19)20(26)25(11-22-16)13-8-6-4-3-5-7-9-13/h10-11,13H,3-9,12H2,1-2H3. The average molecular weight is 384 g/mol. The second-order valence-corrected chi connectivity index (χ2v) is 8.94. The third-order valence-corrected chi connectivity index (χ3v) is 7.15. The number of thiophene rings is 1. The van der Waals surface area contributed by atoms with E-state index in [1.54, 1.807) is 6.33 Å². The van der Waals surface area contributed by atoms with Crippen LogP contribution in [0.5, 0.6) is 0 Å². The quantitative estimate of drug-likeness (QED) is 0.632. The number of pyridine rings is 1. The molecule has 6 nitrogen and oxygen atoms in total. The van der Waals surface area contributed by atoms with Gasteiger partial charge in [-0.3, -0.25) is 9.36 Å². The molecule has 0 radical (unpaired) electrons. The van der Waals surface area contributed by atoms with E-state index in [0.29, 0.717) is 0 Å². The Bertz CT molecular complexity index is 1060. The van der Waals surface area contributed by atoms with E-state index in [9.17, 15) is 4.79 Å². The maximum atomic E-state index is 13.3. The number of hydrogen-bond acceptors (Lipinski definition) is 6. The summed E-state index contributed by atoms with van der Waals surface area (Å²) in [5.74, 6) is 0. The van der Waals surface area contributed by atoms with Crippen LogP contribution in [0.1, 0.15) is 51.0 Å². The molecule has 3 aromatic heterocycles. The van der Waals surface area contributed by atoms with Crippen molar-refractivity contribution in [1.82, 2.24) is 14.5 Å². The highest BCUT2D eigenvalue weighted by Gasteiger charge is 2.27. The van der Waals surface area contributed by atoms with Crippen LogP contribution in [0.4, 0.5) is 11.4 Å². The molecule has 0 bridgehead atoms. The third-order valence-electron chi connectivity index (χ3n) is 6.07. The fraction of sp³-hybridized carbons (Fsp3) is 0.550. The summed E-state index contributed by atoms with van der Waals surface area (Å²) >= 11 is 1.49. The van der Waals surface area contributed by atoms with Crippen LogP contribution < -0.4 is 15.4 Å². The van der Waals surface area contributed by atoms with Crippen LogP contribution in [-0.4, -0.2) is 35.3 Å². The Labute approximate surface area is 162 Å². The number of aromatic nitrogens is 3. The molecule has 0 N–H and O–H groups in total. The molecule has 0 unspecified atom stereocenters. The molecule has 1 saturated carbocycles. The van der Waals surface area contributed by atoms with Crippen LogP contribution in [-0.2, 0) is 0 Å². The number of hydrogen-bond donors (Lipinski definition) is 0. The molecule has 27 heavy (non-hydrogen) atoms. The summed E-state index contributed by atoms with van der Waals surface area (Å²) in [5, 5.41) is 1.03. The minimum absolute atomic E-state index is 0.108. The van der Waals surface area contributed by atoms with Crippen LogP contribution in [0.15, 0.2) is 17.3 Å². The van der Waals surface area contributed by atoms with Gasteiger partial charge in [0.15, 0.2) is 0 Å². The fourth-order valence-corrected chi connectivity index (χ4v) is 5.72. The van der Waals surface area contributed by atoms with Gasteiger partial charge in [0.05, 0.1) is 36.0 Å². The molecule has 5 rings (SSSR count). The maximum Gasteiger partial charge on any atom is 0.271 e. The van der Waals surface area contributed by atoms with Crippen LogP contribution in [0.25, 0.3) is 20.4 Å². The van der Waals surface area contributed by atoms with Crippen molar-refractivity contribution in [2.75, 3.05) is 30.6 Å². The highest BCUT2D eigenvalue weighted by Crippen LogP contribution is 2.44. The largest absolute Gasteiger partial charge is 0.355 e. The van der Waals surface area contributed by atoms with Crippen molar-refractivity contribution in [2.24, 2.45) is 0 Å². The van der Waals surface area contributed by atoms with E-state index in [4.69, 9.17) is 4.98 Å². The van der Waals surface area contributed by atoms with Crippen molar-refractivity contribution >= 4 is 43.1 Å². The average Bonchev–Trinajstić information content (AvgIpc) is 3.14. The van der Waals surface area contributed by atoms with E-state index < -0.39 is 0 Å². The van der Waals surface area contributed by atoms with Gasteiger partial charge >= 0.3 is 0 Å². The molecule has 0 saturated heterocycles. The molecule has 4 heterocycles. The number of fused-ring (bicyclic) bond motifs is 5. The van der Waals surface area contributed by atoms with E-state index in [0.717, 1.165) is 51.3 Å². The van der Waals surface area contributed by atoms with Crippen molar-refractivity contribution in [3.8, 4) is 0 Å². The first-order valence-electron chi connectivity index (χ1n) is 9.90. The van der Waals surface area contributed by atoms with Crippen molar-refractivity contribution < 1.29 is 0 Å². The van der Waals surface area contributed by atoms with Crippen molar-refractivity contribution in [1.29, 1.82) is 0 Å². The molecule has 0 aromatic carbocycles. The molecule has 0 amide bonds. The van der Waals surface area contributed by atoms with Gasteiger partial charge in [0, 0.05) is 20.1 Å². The summed E-state index contributed by atoms with van der Waals surface area (Å²) < 4.78 is 2.65. The van der Waals surface area contributed by atoms with Gasteiger partial charge < -0.3 is 9.80 Å². The number of rotatable bonds is 1. The number of anilines is 2. The van der Waals surface area contributed by atoms with Crippen LogP contribution in [0, 0.1) is 0 Å². The van der Waals surface area contributed by atoms with Crippen molar-refractivity contribution in [3.05, 3.63) is 22.9 Å². The second kappa shape index (κ2) is 6.48. The van der Waals surface area contributed by atoms with Gasteiger partial charge in [0.1, 0.15) is 15.0 Å². The molecule has 1 aliphatic carbocycles. The molecular weight excluding hydrogens is 358 g/mol. The highest BCUT2D eigenvalue weighted by atomic mass is 32.1. The summed E-state index contributed by atoms with van der Waals surface area (Å²) in [6, 6.07) is 0.285. The van der Waals surface area contributed by atoms with Gasteiger partial charge in [-0.1, -0.05) is 32.1 Å². The smallest absolute Gasteiger partial charge is 0.271 e. The van der Waals surface area contributed by atoms with Crippen LogP contribution in [0.2, 0.25) is 0 Å². The van der Waals surface area contributed by atoms with Crippen LogP contribution >= 0.6 is 11.3 Å². The molecule has 0 atom stereocenters. The van der Waals surface area contributed by atoms with Crippen molar-refractivity contribution in [2.45, 2.75) is 51.0 Å². The SMILES string of the molecule is CN1CN(C)c2c1cnc1sc3c(=O)n(C4CCCCCCC4)cnc3c21. The van der Waals surface area contributed by atoms with Gasteiger partial charge in [0.25, 0.3) is 5.56 Å². The van der Waals surface area contributed by atoms with Crippen LogP contribution in [0.3, 0.4) is 0 Å². The summed E-state index contributed by atoms with van der Waals surface area (Å²) in [5.41, 5.74) is 3.17. The van der Waals surface area contributed by atoms with Gasteiger partial charge in [-0.2, -0.15) is 0 Å². The summed E-state index contributed by atoms with van der Waals surface area (Å²) in [4.78, 5) is 28.1. The van der Waals surface area contributed by atoms with E-state index >= 15 is 0 Å². The summed E-state index contributed by atoms with van der Waals surface area (Å²) in [7, 11) is 4.15. The Morgan fingerprint density at radius 2 is 1.78 bits per heavy atom. The third kappa shape index (κ3) is 2.63. The van der Waals surface area contributed by atoms with E-state index in [-0.39, 0.29) is 11.6 Å². The second-order valence-electron chi connectivity index (χ2n) is 7.95. The fourth-order valence-electron chi connectivity index (χ4n) is 4.69. The zero-order valence-corrected chi connectivity index (χ0v) is 16.8. The zero-order valence-electron chi connectivity index (χ0n) is 15.9. The van der Waals surface area contributed by atoms with Crippen molar-refractivity contribution in [3.63, 3.8) is 0 Å². The Balaban J connectivity index is 1.68. The van der Waals surface area contributed by atoms with Gasteiger partial charge in [-0.05, 0) is 12.8 Å². The van der Waals surface area contributed by atoms with E-state index in [1.165, 1.54) is 43.4 Å². The summed E-state index contributed by atoms with van der Waals surface area (Å²) in [6.45, 7) is 0.826. The highest BCUT2D eigenvalue weighted by molar-refractivity contribution is 7.25. The minimum Gasteiger partial charge on any atom is -0.355 e. The Hall–Kier alpha value is -2.15. The Morgan fingerprint density at radius 3 is 2.56 bits per heavy atom. The Kier molecular flexibility index (Phi) is 4.07. The molecule has 1 fully saturated rings. The predicted octanol–water partition coefficient (Wildman–Crippen LogP) is 4.14. The molecule has 0 spiro atoms. The molecule has 7 heteroatoms. The first-order chi connectivity index (χ1) is 13.1. The lowest BCUT2D eigenvalue weighted by Crippen LogP contribution is -2.25. The lowest BCUT2D eigenvalue weighted by atomic mass is 9.96. The minimum atomic E-state index is 0.108. The maximum absolute atomic E-state index is 13.3. The lowest BCUT2D eigenvalue weighted by molar-refractivity contribution is 0.364. The van der Waals surface area contributed by atoms with Gasteiger partial charge in [-0.15, -0.1) is 11.3 Å². The predicted molar refractivity (Wildman–Crippen MR) is 112 cm³/mol. The first-order valence-corrected chi connectivity index (χ1v) is 10.7. The van der Waals surface area contributed by atoms with Gasteiger partial charge in [-0.25, -0.2) is 9.97 Å². The lowest BCUT2D eigenvalue weighted by Gasteiger charge is -2.21. The van der Waals surface area contributed by atoms with E-state index in [2.05, 4.69) is 28.9 Å². The molecule has 3 aromatic rings. The Morgan fingerprint density at radius 1 is 1.04 bits per heavy atom. The van der Waals surface area contributed by atoms with Gasteiger partial charge in [0.2, 0.25) is 0 Å². The van der Waals surface area contributed by atoms with E-state index in [1.807, 2.05) is 10.8 Å². The molecular formula is C20H25N5OS. The first kappa shape index (κ1) is 17.0. The normalized spacial score (nSPS) is 18.9. The molecule has 142 valence electrons. The topological polar surface area (TPSA) is 54.3 Å².